The third-order valence-corrected chi connectivity index (χ3v) is 5.94. The van der Waals surface area contributed by atoms with E-state index in [1.807, 2.05) is 18.2 Å². The summed E-state index contributed by atoms with van der Waals surface area (Å²) in [5, 5.41) is 2.98. The van der Waals surface area contributed by atoms with Crippen LogP contribution >= 0.6 is 15.9 Å². The van der Waals surface area contributed by atoms with E-state index in [0.717, 1.165) is 41.7 Å². The van der Waals surface area contributed by atoms with Gasteiger partial charge in [-0.2, -0.15) is 0 Å². The number of hydrogen-bond acceptors (Lipinski definition) is 6. The maximum absolute atomic E-state index is 12.9. The first-order valence-electron chi connectivity index (χ1n) is 9.90. The normalized spacial score (nSPS) is 15.1. The Bertz CT molecular complexity index is 972. The second kappa shape index (κ2) is 8.95. The SMILES string of the molecule is COC(=O)c1ccc(N2CCCC2)c(NC(=O)Cc2cc3c(cc2Br)OCCO3)c1. The number of nitrogens with one attached hydrogen (secondary N) is 1. The van der Waals surface area contributed by atoms with Gasteiger partial charge in [0.25, 0.3) is 0 Å². The number of fused-ring (bicyclic) bond motifs is 1. The van der Waals surface area contributed by atoms with E-state index in [0.29, 0.717) is 36.0 Å². The minimum absolute atomic E-state index is 0.152. The fourth-order valence-corrected chi connectivity index (χ4v) is 4.19. The maximum atomic E-state index is 12.9. The van der Waals surface area contributed by atoms with Crippen LogP contribution in [0.4, 0.5) is 11.4 Å². The van der Waals surface area contributed by atoms with Crippen molar-refractivity contribution in [3.8, 4) is 11.5 Å². The summed E-state index contributed by atoms with van der Waals surface area (Å²) in [6, 6.07) is 8.92. The first kappa shape index (κ1) is 20.5. The number of nitrogens with zero attached hydrogens (tertiary/aromatic N) is 1. The van der Waals surface area contributed by atoms with E-state index in [-0.39, 0.29) is 12.3 Å². The van der Waals surface area contributed by atoms with Crippen molar-refractivity contribution in [2.24, 2.45) is 0 Å². The Hall–Kier alpha value is -2.74. The van der Waals surface area contributed by atoms with Crippen LogP contribution in [0.1, 0.15) is 28.8 Å². The van der Waals surface area contributed by atoms with Crippen molar-refractivity contribution in [2.45, 2.75) is 19.3 Å². The Morgan fingerprint density at radius 1 is 1.10 bits per heavy atom. The van der Waals surface area contributed by atoms with E-state index in [1.54, 1.807) is 12.1 Å². The summed E-state index contributed by atoms with van der Waals surface area (Å²) in [6.45, 7) is 2.84. The van der Waals surface area contributed by atoms with Crippen LogP contribution in [-0.2, 0) is 16.0 Å². The molecule has 1 amide bonds. The summed E-state index contributed by atoms with van der Waals surface area (Å²) >= 11 is 3.51. The molecule has 4 rings (SSSR count). The number of ether oxygens (including phenoxy) is 3. The number of carbonyl (C=O) groups is 2. The molecular formula is C22H23BrN2O5. The van der Waals surface area contributed by atoms with Crippen molar-refractivity contribution in [2.75, 3.05) is 43.6 Å². The molecule has 2 aromatic carbocycles. The van der Waals surface area contributed by atoms with Gasteiger partial charge in [-0.15, -0.1) is 0 Å². The van der Waals surface area contributed by atoms with Gasteiger partial charge in [0.1, 0.15) is 13.2 Å². The monoisotopic (exact) mass is 474 g/mol. The number of hydrogen-bond donors (Lipinski definition) is 1. The minimum Gasteiger partial charge on any atom is -0.486 e. The zero-order valence-electron chi connectivity index (χ0n) is 16.7. The number of methoxy groups -OCH3 is 1. The molecule has 30 heavy (non-hydrogen) atoms. The number of anilines is 2. The number of amides is 1. The van der Waals surface area contributed by atoms with Crippen molar-refractivity contribution in [1.82, 2.24) is 0 Å². The molecule has 0 aromatic heterocycles. The third kappa shape index (κ3) is 4.38. The van der Waals surface area contributed by atoms with Gasteiger partial charge in [-0.25, -0.2) is 4.79 Å². The van der Waals surface area contributed by atoms with E-state index in [1.165, 1.54) is 7.11 Å². The zero-order valence-corrected chi connectivity index (χ0v) is 18.3. The van der Waals surface area contributed by atoms with Crippen LogP contribution < -0.4 is 19.7 Å². The number of esters is 1. The minimum atomic E-state index is -0.437. The maximum Gasteiger partial charge on any atom is 0.337 e. The van der Waals surface area contributed by atoms with Crippen molar-refractivity contribution >= 4 is 39.2 Å². The highest BCUT2D eigenvalue weighted by Crippen LogP contribution is 2.36. The number of benzene rings is 2. The van der Waals surface area contributed by atoms with E-state index in [2.05, 4.69) is 26.1 Å². The van der Waals surface area contributed by atoms with Crippen LogP contribution in [0.15, 0.2) is 34.8 Å². The van der Waals surface area contributed by atoms with Crippen molar-refractivity contribution in [3.05, 3.63) is 45.9 Å². The molecule has 7 nitrogen and oxygen atoms in total. The quantitative estimate of drug-likeness (QED) is 0.664. The van der Waals surface area contributed by atoms with Gasteiger partial charge in [-0.1, -0.05) is 15.9 Å². The van der Waals surface area contributed by atoms with Gasteiger partial charge in [-0.05, 0) is 48.7 Å². The Morgan fingerprint density at radius 3 is 2.50 bits per heavy atom. The molecule has 2 aliphatic rings. The topological polar surface area (TPSA) is 77.1 Å². The van der Waals surface area contributed by atoms with E-state index in [4.69, 9.17) is 14.2 Å². The molecular weight excluding hydrogens is 452 g/mol. The molecule has 1 fully saturated rings. The highest BCUT2D eigenvalue weighted by molar-refractivity contribution is 9.10. The molecule has 0 spiro atoms. The van der Waals surface area contributed by atoms with Crippen LogP contribution in [0.5, 0.6) is 11.5 Å². The van der Waals surface area contributed by atoms with Gasteiger partial charge >= 0.3 is 5.97 Å². The highest BCUT2D eigenvalue weighted by Gasteiger charge is 2.21. The largest absolute Gasteiger partial charge is 0.486 e. The van der Waals surface area contributed by atoms with Crippen LogP contribution in [0.2, 0.25) is 0 Å². The van der Waals surface area contributed by atoms with Crippen LogP contribution in [0, 0.1) is 0 Å². The fourth-order valence-electron chi connectivity index (χ4n) is 3.72. The highest BCUT2D eigenvalue weighted by atomic mass is 79.9. The molecule has 2 heterocycles. The van der Waals surface area contributed by atoms with Crippen LogP contribution in [0.3, 0.4) is 0 Å². The van der Waals surface area contributed by atoms with Crippen LogP contribution in [0.25, 0.3) is 0 Å². The average molecular weight is 475 g/mol. The summed E-state index contributed by atoms with van der Waals surface area (Å²) < 4.78 is 16.8. The first-order chi connectivity index (χ1) is 14.5. The number of carbonyl (C=O) groups excluding carboxylic acids is 2. The first-order valence-corrected chi connectivity index (χ1v) is 10.7. The summed E-state index contributed by atoms with van der Waals surface area (Å²) in [5.74, 6) is 0.681. The summed E-state index contributed by atoms with van der Waals surface area (Å²) in [5.41, 5.74) is 2.72. The third-order valence-electron chi connectivity index (χ3n) is 5.20. The second-order valence-electron chi connectivity index (χ2n) is 7.23. The zero-order chi connectivity index (χ0) is 21.1. The van der Waals surface area contributed by atoms with Gasteiger partial charge in [0.05, 0.1) is 30.5 Å². The standard InChI is InChI=1S/C22H23BrN2O5/c1-28-22(27)14-4-5-18(25-6-2-3-7-25)17(10-14)24-21(26)12-15-11-19-20(13-16(15)23)30-9-8-29-19/h4-5,10-11,13H,2-3,6-9,12H2,1H3,(H,24,26). The van der Waals surface area contributed by atoms with Gasteiger partial charge in [0, 0.05) is 17.6 Å². The molecule has 2 aliphatic heterocycles. The van der Waals surface area contributed by atoms with Gasteiger partial charge in [0.15, 0.2) is 11.5 Å². The van der Waals surface area contributed by atoms with Gasteiger partial charge in [0.2, 0.25) is 5.91 Å². The molecule has 2 aromatic rings. The van der Waals surface area contributed by atoms with Crippen LogP contribution in [-0.4, -0.2) is 45.3 Å². The number of halogens is 1. The molecule has 0 saturated carbocycles. The Kier molecular flexibility index (Phi) is 6.13. The van der Waals surface area contributed by atoms with E-state index < -0.39 is 5.97 Å². The Labute approximate surface area is 183 Å². The fraction of sp³-hybridized carbons (Fsp3) is 0.364. The lowest BCUT2D eigenvalue weighted by Gasteiger charge is -2.22. The Morgan fingerprint density at radius 2 is 1.80 bits per heavy atom. The van der Waals surface area contributed by atoms with Crippen molar-refractivity contribution < 1.29 is 23.8 Å². The smallest absolute Gasteiger partial charge is 0.337 e. The molecule has 0 aliphatic carbocycles. The van der Waals surface area contributed by atoms with Gasteiger partial charge < -0.3 is 24.4 Å². The average Bonchev–Trinajstić information content (AvgIpc) is 3.28. The lowest BCUT2D eigenvalue weighted by atomic mass is 10.1. The van der Waals surface area contributed by atoms with Crippen molar-refractivity contribution in [1.29, 1.82) is 0 Å². The van der Waals surface area contributed by atoms with Gasteiger partial charge in [-0.3, -0.25) is 4.79 Å². The molecule has 0 radical (unpaired) electrons. The second-order valence-corrected chi connectivity index (χ2v) is 8.08. The van der Waals surface area contributed by atoms with E-state index >= 15 is 0 Å². The molecule has 0 atom stereocenters. The predicted molar refractivity (Wildman–Crippen MR) is 117 cm³/mol. The molecule has 158 valence electrons. The summed E-state index contributed by atoms with van der Waals surface area (Å²) in [7, 11) is 1.34. The molecule has 8 heteroatoms. The van der Waals surface area contributed by atoms with E-state index in [9.17, 15) is 9.59 Å². The summed E-state index contributed by atoms with van der Waals surface area (Å²) in [4.78, 5) is 27.1. The summed E-state index contributed by atoms with van der Waals surface area (Å²) in [6.07, 6.45) is 2.37. The predicted octanol–water partition coefficient (Wildman–Crippen LogP) is 3.79. The molecule has 1 N–H and O–H groups in total. The lowest BCUT2D eigenvalue weighted by Crippen LogP contribution is -2.22. The number of rotatable bonds is 5. The molecule has 0 bridgehead atoms. The molecule has 1 saturated heterocycles. The Balaban J connectivity index is 1.56. The van der Waals surface area contributed by atoms with Crippen molar-refractivity contribution in [3.63, 3.8) is 0 Å². The lowest BCUT2D eigenvalue weighted by molar-refractivity contribution is -0.115. The molecule has 0 unspecified atom stereocenters.